The van der Waals surface area contributed by atoms with E-state index in [1.54, 1.807) is 0 Å². The van der Waals surface area contributed by atoms with Crippen molar-refractivity contribution in [2.24, 2.45) is 0 Å². The fraction of sp³-hybridized carbons (Fsp3) is 0.933. The van der Waals surface area contributed by atoms with Gasteiger partial charge in [0.05, 0.1) is 0 Å². The van der Waals surface area contributed by atoms with Crippen LogP contribution in [0.4, 0.5) is 0 Å². The molecule has 1 atom stereocenters. The molecule has 1 unspecified atom stereocenters. The number of unbranched alkanes of at least 4 members (excludes halogenated alkanes) is 9. The van der Waals surface area contributed by atoms with Crippen molar-refractivity contribution in [3.05, 3.63) is 0 Å². The molecule has 7 heteroatoms. The largest absolute Gasteiger partial charge is 1.00 e. The van der Waals surface area contributed by atoms with Gasteiger partial charge < -0.3 is 9.29 Å². The summed E-state index contributed by atoms with van der Waals surface area (Å²) in [5, 5.41) is 0. The molecule has 0 saturated heterocycles. The summed E-state index contributed by atoms with van der Waals surface area (Å²) in [6.07, 6.45) is 11.8. The molecule has 0 aromatic rings. The summed E-state index contributed by atoms with van der Waals surface area (Å²) in [6.45, 7) is 3.29. The van der Waals surface area contributed by atoms with Gasteiger partial charge in [-0.05, 0) is 13.3 Å². The Labute approximate surface area is 157 Å². The third-order valence-electron chi connectivity index (χ3n) is 3.44. The van der Waals surface area contributed by atoms with Gasteiger partial charge in [0.15, 0.2) is 5.44 Å². The normalized spacial score (nSPS) is 12.5. The predicted octanol–water partition coefficient (Wildman–Crippen LogP) is 0.736. The van der Waals surface area contributed by atoms with Crippen molar-refractivity contribution >= 4 is 16.1 Å². The van der Waals surface area contributed by atoms with Crippen molar-refractivity contribution in [3.8, 4) is 0 Å². The van der Waals surface area contributed by atoms with E-state index < -0.39 is 21.5 Å². The molecule has 0 amide bonds. The summed E-state index contributed by atoms with van der Waals surface area (Å²) in [4.78, 5) is 11.3. The van der Waals surface area contributed by atoms with Crippen molar-refractivity contribution in [1.29, 1.82) is 0 Å². The molecular weight excluding hydrogens is 315 g/mol. The Kier molecular flexibility index (Phi) is 16.7. The average Bonchev–Trinajstić information content (AvgIpc) is 2.39. The van der Waals surface area contributed by atoms with E-state index in [9.17, 15) is 17.8 Å². The van der Waals surface area contributed by atoms with E-state index in [0.29, 0.717) is 6.42 Å². The molecule has 0 aliphatic rings. The van der Waals surface area contributed by atoms with Crippen molar-refractivity contribution < 1.29 is 52.1 Å². The summed E-state index contributed by atoms with van der Waals surface area (Å²) < 4.78 is 36.3. The van der Waals surface area contributed by atoms with Gasteiger partial charge in [-0.15, -0.1) is 0 Å². The molecule has 0 saturated carbocycles. The maximum Gasteiger partial charge on any atom is 1.00 e. The average molecular weight is 344 g/mol. The smallest absolute Gasteiger partial charge is 0.745 e. The number of ether oxygens (including phenoxy) is 1. The van der Waals surface area contributed by atoms with E-state index in [-0.39, 0.29) is 36.0 Å². The third kappa shape index (κ3) is 15.3. The van der Waals surface area contributed by atoms with Gasteiger partial charge >= 0.3 is 35.5 Å². The number of rotatable bonds is 13. The summed E-state index contributed by atoms with van der Waals surface area (Å²) in [7, 11) is -4.54. The number of hydrogen-bond donors (Lipinski definition) is 0. The molecule has 0 rings (SSSR count). The van der Waals surface area contributed by atoms with E-state index in [1.165, 1.54) is 44.9 Å². The van der Waals surface area contributed by atoms with Crippen LogP contribution in [0, 0.1) is 0 Å². The molecule has 126 valence electrons. The molecule has 0 aliphatic carbocycles. The van der Waals surface area contributed by atoms with E-state index in [1.807, 2.05) is 0 Å². The summed E-state index contributed by atoms with van der Waals surface area (Å²) >= 11 is 0. The Bertz CT molecular complexity index is 370. The minimum Gasteiger partial charge on any atom is -0.745 e. The SMILES string of the molecule is CCCCCCCCCCCCC(=O)OC(C)S(=O)(=O)[O-].[Na+]. The molecule has 0 spiro atoms. The summed E-state index contributed by atoms with van der Waals surface area (Å²) in [5.74, 6) is -0.610. The van der Waals surface area contributed by atoms with Gasteiger partial charge in [-0.1, -0.05) is 64.7 Å². The molecule has 0 aromatic carbocycles. The van der Waals surface area contributed by atoms with Crippen LogP contribution in [0.2, 0.25) is 0 Å². The summed E-state index contributed by atoms with van der Waals surface area (Å²) in [6, 6.07) is 0. The second kappa shape index (κ2) is 14.9. The van der Waals surface area contributed by atoms with Gasteiger partial charge in [0.1, 0.15) is 10.1 Å². The van der Waals surface area contributed by atoms with Crippen molar-refractivity contribution in [2.75, 3.05) is 0 Å². The van der Waals surface area contributed by atoms with Crippen LogP contribution in [-0.4, -0.2) is 24.4 Å². The predicted molar refractivity (Wildman–Crippen MR) is 81.7 cm³/mol. The third-order valence-corrected chi connectivity index (χ3v) is 4.35. The second-order valence-electron chi connectivity index (χ2n) is 5.48. The van der Waals surface area contributed by atoms with E-state index in [0.717, 1.165) is 19.8 Å². The number of carbonyl (C=O) groups excluding carboxylic acids is 1. The first-order chi connectivity index (χ1) is 9.88. The van der Waals surface area contributed by atoms with Crippen LogP contribution < -0.4 is 29.6 Å². The molecule has 5 nitrogen and oxygen atoms in total. The van der Waals surface area contributed by atoms with Gasteiger partial charge in [-0.25, -0.2) is 8.42 Å². The summed E-state index contributed by atoms with van der Waals surface area (Å²) in [5.41, 5.74) is -1.59. The van der Waals surface area contributed by atoms with Crippen LogP contribution in [0.3, 0.4) is 0 Å². The quantitative estimate of drug-likeness (QED) is 0.213. The Morgan fingerprint density at radius 1 is 0.955 bits per heavy atom. The molecule has 0 heterocycles. The molecule has 0 fully saturated rings. The number of esters is 1. The number of hydrogen-bond acceptors (Lipinski definition) is 5. The number of carbonyl (C=O) groups is 1. The first kappa shape index (κ1) is 24.6. The van der Waals surface area contributed by atoms with Crippen LogP contribution in [0.1, 0.15) is 84.5 Å². The van der Waals surface area contributed by atoms with Crippen LogP contribution in [-0.2, 0) is 19.6 Å². The minimum absolute atomic E-state index is 0. The molecule has 22 heavy (non-hydrogen) atoms. The van der Waals surface area contributed by atoms with Crippen LogP contribution in [0.5, 0.6) is 0 Å². The van der Waals surface area contributed by atoms with Crippen LogP contribution >= 0.6 is 0 Å². The van der Waals surface area contributed by atoms with E-state index in [2.05, 4.69) is 11.7 Å². The van der Waals surface area contributed by atoms with Gasteiger partial charge in [0.2, 0.25) is 0 Å². The fourth-order valence-corrected chi connectivity index (χ4v) is 2.28. The monoisotopic (exact) mass is 344 g/mol. The molecule has 0 N–H and O–H groups in total. The van der Waals surface area contributed by atoms with Gasteiger partial charge in [0.25, 0.3) is 0 Å². The van der Waals surface area contributed by atoms with Gasteiger partial charge in [0, 0.05) is 6.42 Å². The molecule has 0 bridgehead atoms. The Morgan fingerprint density at radius 3 is 1.77 bits per heavy atom. The topological polar surface area (TPSA) is 83.5 Å². The zero-order valence-corrected chi connectivity index (χ0v) is 17.1. The molecule has 0 aliphatic heterocycles. The Balaban J connectivity index is 0. The van der Waals surface area contributed by atoms with E-state index in [4.69, 9.17) is 0 Å². The second-order valence-corrected chi connectivity index (χ2v) is 7.13. The van der Waals surface area contributed by atoms with Crippen LogP contribution in [0.15, 0.2) is 0 Å². The zero-order chi connectivity index (χ0) is 16.1. The molecular formula is C15H29NaO5S. The van der Waals surface area contributed by atoms with Gasteiger partial charge in [-0.3, -0.25) is 4.79 Å². The van der Waals surface area contributed by atoms with Crippen LogP contribution in [0.25, 0.3) is 0 Å². The fourth-order valence-electron chi connectivity index (χ4n) is 2.06. The Hall–Kier alpha value is 0.380. The minimum atomic E-state index is -4.54. The van der Waals surface area contributed by atoms with Crippen molar-refractivity contribution in [3.63, 3.8) is 0 Å². The standard InChI is InChI=1S/C15H30O5S.Na/c1-3-4-5-6-7-8-9-10-11-12-13-15(16)20-14(2)21(17,18)19;/h14H,3-13H2,1-2H3,(H,17,18,19);/q;+1/p-1. The Morgan fingerprint density at radius 2 is 1.36 bits per heavy atom. The van der Waals surface area contributed by atoms with Crippen molar-refractivity contribution in [2.45, 2.75) is 89.9 Å². The maximum atomic E-state index is 11.3. The molecule has 0 aromatic heterocycles. The molecule has 0 radical (unpaired) electrons. The zero-order valence-electron chi connectivity index (χ0n) is 14.3. The van der Waals surface area contributed by atoms with Gasteiger partial charge in [-0.2, -0.15) is 0 Å². The first-order valence-corrected chi connectivity index (χ1v) is 9.49. The maximum absolute atomic E-state index is 11.3. The van der Waals surface area contributed by atoms with E-state index >= 15 is 0 Å². The first-order valence-electron chi connectivity index (χ1n) is 8.02. The van der Waals surface area contributed by atoms with Crippen molar-refractivity contribution in [1.82, 2.24) is 0 Å².